The molecule has 1 N–H and O–H groups in total. The Morgan fingerprint density at radius 3 is 2.77 bits per heavy atom. The van der Waals surface area contributed by atoms with Crippen LogP contribution in [0.2, 0.25) is 5.02 Å². The molecule has 0 aliphatic carbocycles. The van der Waals surface area contributed by atoms with Crippen LogP contribution in [-0.2, 0) is 11.8 Å². The number of amides is 1. The van der Waals surface area contributed by atoms with Crippen LogP contribution in [0.25, 0.3) is 0 Å². The third kappa shape index (κ3) is 3.81. The summed E-state index contributed by atoms with van der Waals surface area (Å²) in [5.74, 6) is 1.39. The van der Waals surface area contributed by atoms with Gasteiger partial charge in [-0.2, -0.15) is 0 Å². The number of hydrogen-bond donors (Lipinski definition) is 1. The standard InChI is InChI=1S/C15H19ClN4OS/c1-9(2)14-18-19-15(20(14)4)22-8-13(21)17-12-7-5-6-11(16)10(12)3/h5-7,9H,8H2,1-4H3,(H,17,21). The summed E-state index contributed by atoms with van der Waals surface area (Å²) < 4.78 is 1.92. The molecule has 2 aromatic rings. The lowest BCUT2D eigenvalue weighted by molar-refractivity contribution is -0.113. The maximum atomic E-state index is 12.1. The van der Waals surface area contributed by atoms with Crippen LogP contribution in [0, 0.1) is 6.92 Å². The quantitative estimate of drug-likeness (QED) is 0.846. The molecule has 7 heteroatoms. The molecule has 22 heavy (non-hydrogen) atoms. The summed E-state index contributed by atoms with van der Waals surface area (Å²) in [5, 5.41) is 12.5. The van der Waals surface area contributed by atoms with Gasteiger partial charge in [-0.05, 0) is 24.6 Å². The second-order valence-corrected chi connectivity index (χ2v) is 6.65. The van der Waals surface area contributed by atoms with Crippen molar-refractivity contribution in [3.8, 4) is 0 Å². The number of carbonyl (C=O) groups excluding carboxylic acids is 1. The Hall–Kier alpha value is -1.53. The molecule has 0 bridgehead atoms. The minimum absolute atomic E-state index is 0.0931. The Labute approximate surface area is 139 Å². The maximum Gasteiger partial charge on any atom is 0.234 e. The summed E-state index contributed by atoms with van der Waals surface area (Å²) in [6.07, 6.45) is 0. The van der Waals surface area contributed by atoms with Crippen LogP contribution in [0.5, 0.6) is 0 Å². The fourth-order valence-electron chi connectivity index (χ4n) is 2.01. The van der Waals surface area contributed by atoms with Crippen LogP contribution >= 0.6 is 23.4 Å². The number of halogens is 1. The van der Waals surface area contributed by atoms with Gasteiger partial charge >= 0.3 is 0 Å². The summed E-state index contributed by atoms with van der Waals surface area (Å²) in [4.78, 5) is 12.1. The first-order chi connectivity index (χ1) is 10.4. The second-order valence-electron chi connectivity index (χ2n) is 5.30. The lowest BCUT2D eigenvalue weighted by atomic mass is 10.2. The van der Waals surface area contributed by atoms with E-state index in [-0.39, 0.29) is 11.7 Å². The van der Waals surface area contributed by atoms with Crippen LogP contribution in [0.15, 0.2) is 23.4 Å². The van der Waals surface area contributed by atoms with Gasteiger partial charge in [0.2, 0.25) is 5.91 Å². The van der Waals surface area contributed by atoms with Crippen molar-refractivity contribution < 1.29 is 4.79 Å². The van der Waals surface area contributed by atoms with E-state index < -0.39 is 0 Å². The number of anilines is 1. The number of rotatable bonds is 5. The normalized spacial score (nSPS) is 11.0. The highest BCUT2D eigenvalue weighted by atomic mass is 35.5. The Bertz CT molecular complexity index is 684. The number of benzene rings is 1. The minimum Gasteiger partial charge on any atom is -0.325 e. The molecule has 0 fully saturated rings. The van der Waals surface area contributed by atoms with E-state index >= 15 is 0 Å². The average Bonchev–Trinajstić information content (AvgIpc) is 2.83. The van der Waals surface area contributed by atoms with E-state index in [9.17, 15) is 4.79 Å². The van der Waals surface area contributed by atoms with E-state index in [0.29, 0.717) is 10.9 Å². The predicted octanol–water partition coefficient (Wildman–Crippen LogP) is 3.63. The van der Waals surface area contributed by atoms with E-state index in [1.165, 1.54) is 11.8 Å². The number of nitrogens with zero attached hydrogens (tertiary/aromatic N) is 3. The average molecular weight is 339 g/mol. The van der Waals surface area contributed by atoms with E-state index in [1.54, 1.807) is 6.07 Å². The molecular formula is C15H19ClN4OS. The zero-order valence-corrected chi connectivity index (χ0v) is 14.6. The first kappa shape index (κ1) is 16.8. The molecule has 0 spiro atoms. The van der Waals surface area contributed by atoms with Gasteiger partial charge in [0.25, 0.3) is 0 Å². The van der Waals surface area contributed by atoms with Crippen LogP contribution in [0.3, 0.4) is 0 Å². The van der Waals surface area contributed by atoms with Crippen molar-refractivity contribution in [2.75, 3.05) is 11.1 Å². The largest absolute Gasteiger partial charge is 0.325 e. The van der Waals surface area contributed by atoms with Gasteiger partial charge in [-0.25, -0.2) is 0 Å². The van der Waals surface area contributed by atoms with Crippen molar-refractivity contribution in [3.05, 3.63) is 34.6 Å². The lowest BCUT2D eigenvalue weighted by Gasteiger charge is -2.09. The van der Waals surface area contributed by atoms with Gasteiger partial charge in [-0.3, -0.25) is 4.79 Å². The molecule has 1 amide bonds. The molecule has 118 valence electrons. The smallest absolute Gasteiger partial charge is 0.234 e. The van der Waals surface area contributed by atoms with Crippen molar-refractivity contribution in [1.29, 1.82) is 0 Å². The Balaban J connectivity index is 1.97. The molecule has 5 nitrogen and oxygen atoms in total. The van der Waals surface area contributed by atoms with Gasteiger partial charge in [0.05, 0.1) is 5.75 Å². The summed E-state index contributed by atoms with van der Waals surface area (Å²) in [6, 6.07) is 5.45. The number of aromatic nitrogens is 3. The van der Waals surface area contributed by atoms with Gasteiger partial charge in [0, 0.05) is 23.7 Å². The molecule has 0 aliphatic heterocycles. The molecule has 1 aromatic heterocycles. The highest BCUT2D eigenvalue weighted by molar-refractivity contribution is 7.99. The summed E-state index contributed by atoms with van der Waals surface area (Å²) >= 11 is 7.41. The molecule has 0 unspecified atom stereocenters. The number of thioether (sulfide) groups is 1. The molecular weight excluding hydrogens is 320 g/mol. The van der Waals surface area contributed by atoms with Crippen molar-refractivity contribution in [2.45, 2.75) is 31.8 Å². The molecule has 0 saturated heterocycles. The molecule has 0 saturated carbocycles. The predicted molar refractivity (Wildman–Crippen MR) is 90.6 cm³/mol. The number of carbonyl (C=O) groups is 1. The summed E-state index contributed by atoms with van der Waals surface area (Å²) in [5.41, 5.74) is 1.60. The van der Waals surface area contributed by atoms with E-state index in [0.717, 1.165) is 22.2 Å². The lowest BCUT2D eigenvalue weighted by Crippen LogP contribution is -2.15. The van der Waals surface area contributed by atoms with Gasteiger partial charge in [0.1, 0.15) is 5.82 Å². The van der Waals surface area contributed by atoms with E-state index in [2.05, 4.69) is 29.4 Å². The van der Waals surface area contributed by atoms with Crippen LogP contribution in [0.4, 0.5) is 5.69 Å². The highest BCUT2D eigenvalue weighted by Crippen LogP contribution is 2.24. The SMILES string of the molecule is Cc1c(Cl)cccc1NC(=O)CSc1nnc(C(C)C)n1C. The maximum absolute atomic E-state index is 12.1. The Morgan fingerprint density at radius 1 is 1.41 bits per heavy atom. The highest BCUT2D eigenvalue weighted by Gasteiger charge is 2.14. The zero-order valence-electron chi connectivity index (χ0n) is 13.1. The third-order valence-electron chi connectivity index (χ3n) is 3.26. The first-order valence-electron chi connectivity index (χ1n) is 6.97. The van der Waals surface area contributed by atoms with Crippen LogP contribution < -0.4 is 5.32 Å². The van der Waals surface area contributed by atoms with Gasteiger partial charge < -0.3 is 9.88 Å². The van der Waals surface area contributed by atoms with Gasteiger partial charge in [0.15, 0.2) is 5.16 Å². The molecule has 0 aliphatic rings. The van der Waals surface area contributed by atoms with Crippen LogP contribution in [-0.4, -0.2) is 26.4 Å². The fraction of sp³-hybridized carbons (Fsp3) is 0.400. The topological polar surface area (TPSA) is 59.8 Å². The van der Waals surface area contributed by atoms with Crippen molar-refractivity contribution in [3.63, 3.8) is 0 Å². The summed E-state index contributed by atoms with van der Waals surface area (Å²) in [6.45, 7) is 6.00. The molecule has 0 radical (unpaired) electrons. The Morgan fingerprint density at radius 2 is 2.14 bits per heavy atom. The van der Waals surface area contributed by atoms with Crippen molar-refractivity contribution in [1.82, 2.24) is 14.8 Å². The fourth-order valence-corrected chi connectivity index (χ4v) is 2.91. The van der Waals surface area contributed by atoms with Gasteiger partial charge in [-0.15, -0.1) is 10.2 Å². The summed E-state index contributed by atoms with van der Waals surface area (Å²) in [7, 11) is 1.91. The zero-order chi connectivity index (χ0) is 16.3. The van der Waals surface area contributed by atoms with Crippen molar-refractivity contribution >= 4 is 35.0 Å². The molecule has 0 atom stereocenters. The van der Waals surface area contributed by atoms with Crippen LogP contribution in [0.1, 0.15) is 31.2 Å². The van der Waals surface area contributed by atoms with E-state index in [4.69, 9.17) is 11.6 Å². The first-order valence-corrected chi connectivity index (χ1v) is 8.33. The number of hydrogen-bond acceptors (Lipinski definition) is 4. The van der Waals surface area contributed by atoms with E-state index in [1.807, 2.05) is 30.7 Å². The van der Waals surface area contributed by atoms with Crippen molar-refractivity contribution in [2.24, 2.45) is 7.05 Å². The number of nitrogens with one attached hydrogen (secondary N) is 1. The molecule has 1 aromatic carbocycles. The monoisotopic (exact) mass is 338 g/mol. The minimum atomic E-state index is -0.0931. The molecule has 1 heterocycles. The molecule has 2 rings (SSSR count). The van der Waals surface area contributed by atoms with Gasteiger partial charge in [-0.1, -0.05) is 43.3 Å². The Kier molecular flexibility index (Phi) is 5.47. The third-order valence-corrected chi connectivity index (χ3v) is 4.69. The second kappa shape index (κ2) is 7.15.